The van der Waals surface area contributed by atoms with Gasteiger partial charge in [0.05, 0.1) is 12.6 Å². The number of morpholine rings is 1. The number of benzene rings is 2. The van der Waals surface area contributed by atoms with Gasteiger partial charge in [0.15, 0.2) is 5.82 Å². The Labute approximate surface area is 151 Å². The number of nitrogens with one attached hydrogen (secondary N) is 1. The van der Waals surface area contributed by atoms with Gasteiger partial charge in [-0.1, -0.05) is 60.7 Å². The summed E-state index contributed by atoms with van der Waals surface area (Å²) in [4.78, 5) is 16.5. The molecule has 6 heteroatoms. The van der Waals surface area contributed by atoms with Gasteiger partial charge in [-0.2, -0.15) is 5.10 Å². The third-order valence-electron chi connectivity index (χ3n) is 4.41. The largest absolute Gasteiger partial charge is 0.358 e. The van der Waals surface area contributed by atoms with Gasteiger partial charge in [0.2, 0.25) is 5.91 Å². The Morgan fingerprint density at radius 3 is 2.54 bits per heavy atom. The standard InChI is InChI=1S/C20H20N4O2/c1-14-21-20(24(23-14)12-15-8-4-2-5-9-15)19-18(22-17(25)13-26-19)16-10-6-3-7-11-16/h2-11,18-19H,12-13H2,1H3,(H,22,25)/t18-,19+/m1/s1. The molecule has 0 unspecified atom stereocenters. The van der Waals surface area contributed by atoms with E-state index in [-0.39, 0.29) is 24.7 Å². The van der Waals surface area contributed by atoms with Crippen molar-refractivity contribution in [2.24, 2.45) is 0 Å². The Balaban J connectivity index is 1.70. The fourth-order valence-corrected chi connectivity index (χ4v) is 3.25. The molecule has 132 valence electrons. The molecule has 1 amide bonds. The first-order chi connectivity index (χ1) is 12.7. The average Bonchev–Trinajstić information content (AvgIpc) is 3.03. The lowest BCUT2D eigenvalue weighted by molar-refractivity contribution is -0.138. The summed E-state index contributed by atoms with van der Waals surface area (Å²) in [6, 6.07) is 19.6. The molecule has 0 spiro atoms. The number of ether oxygens (including phenoxy) is 1. The summed E-state index contributed by atoms with van der Waals surface area (Å²) in [5.74, 6) is 1.28. The molecule has 1 aliphatic heterocycles. The summed E-state index contributed by atoms with van der Waals surface area (Å²) in [5, 5.41) is 7.58. The lowest BCUT2D eigenvalue weighted by Crippen LogP contribution is -2.42. The van der Waals surface area contributed by atoms with E-state index in [1.54, 1.807) is 0 Å². The first-order valence-corrected chi connectivity index (χ1v) is 8.62. The minimum atomic E-state index is -0.389. The maximum Gasteiger partial charge on any atom is 0.246 e. The van der Waals surface area contributed by atoms with Crippen LogP contribution in [0.5, 0.6) is 0 Å². The van der Waals surface area contributed by atoms with Crippen LogP contribution in [0.25, 0.3) is 0 Å². The summed E-state index contributed by atoms with van der Waals surface area (Å²) >= 11 is 0. The Kier molecular flexibility index (Phi) is 4.50. The van der Waals surface area contributed by atoms with E-state index in [1.165, 1.54) is 0 Å². The van der Waals surface area contributed by atoms with Gasteiger partial charge in [-0.15, -0.1) is 0 Å². The van der Waals surface area contributed by atoms with Crippen molar-refractivity contribution in [2.75, 3.05) is 6.61 Å². The van der Waals surface area contributed by atoms with Gasteiger partial charge in [0.1, 0.15) is 18.5 Å². The highest BCUT2D eigenvalue weighted by molar-refractivity contribution is 5.78. The molecule has 1 N–H and O–H groups in total. The highest BCUT2D eigenvalue weighted by Gasteiger charge is 2.35. The van der Waals surface area contributed by atoms with Gasteiger partial charge in [-0.3, -0.25) is 4.79 Å². The van der Waals surface area contributed by atoms with Crippen LogP contribution in [0.2, 0.25) is 0 Å². The molecule has 1 aromatic heterocycles. The molecule has 2 heterocycles. The number of carbonyl (C=O) groups excluding carboxylic acids is 1. The van der Waals surface area contributed by atoms with Gasteiger partial charge in [0, 0.05) is 0 Å². The smallest absolute Gasteiger partial charge is 0.246 e. The van der Waals surface area contributed by atoms with Gasteiger partial charge < -0.3 is 10.1 Å². The van der Waals surface area contributed by atoms with E-state index in [4.69, 9.17) is 4.74 Å². The van der Waals surface area contributed by atoms with E-state index in [1.807, 2.05) is 60.1 Å². The quantitative estimate of drug-likeness (QED) is 0.787. The third-order valence-corrected chi connectivity index (χ3v) is 4.41. The number of hydrogen-bond donors (Lipinski definition) is 1. The molecule has 0 bridgehead atoms. The second-order valence-corrected chi connectivity index (χ2v) is 6.35. The number of carbonyl (C=O) groups is 1. The summed E-state index contributed by atoms with van der Waals surface area (Å²) < 4.78 is 7.76. The topological polar surface area (TPSA) is 69.0 Å². The van der Waals surface area contributed by atoms with E-state index in [0.717, 1.165) is 17.0 Å². The van der Waals surface area contributed by atoms with Crippen molar-refractivity contribution >= 4 is 5.91 Å². The maximum absolute atomic E-state index is 11.9. The van der Waals surface area contributed by atoms with Crippen molar-refractivity contribution in [2.45, 2.75) is 25.6 Å². The SMILES string of the molecule is Cc1nc([C@H]2OCC(=O)N[C@@H]2c2ccccc2)n(Cc2ccccc2)n1. The van der Waals surface area contributed by atoms with Crippen molar-refractivity contribution in [3.63, 3.8) is 0 Å². The van der Waals surface area contributed by atoms with Crippen molar-refractivity contribution in [1.29, 1.82) is 0 Å². The van der Waals surface area contributed by atoms with Crippen LogP contribution < -0.4 is 5.32 Å². The number of aromatic nitrogens is 3. The van der Waals surface area contributed by atoms with Crippen LogP contribution in [0.15, 0.2) is 60.7 Å². The lowest BCUT2D eigenvalue weighted by atomic mass is 9.99. The van der Waals surface area contributed by atoms with Crippen LogP contribution in [0, 0.1) is 6.92 Å². The number of aryl methyl sites for hydroxylation is 1. The van der Waals surface area contributed by atoms with Crippen molar-refractivity contribution in [3.05, 3.63) is 83.4 Å². The molecule has 2 atom stereocenters. The molecular weight excluding hydrogens is 328 g/mol. The molecule has 3 aromatic rings. The van der Waals surface area contributed by atoms with Crippen molar-refractivity contribution in [3.8, 4) is 0 Å². The Hall–Kier alpha value is -2.99. The molecule has 4 rings (SSSR count). The van der Waals surface area contributed by atoms with Crippen LogP contribution in [0.3, 0.4) is 0 Å². The number of rotatable bonds is 4. The van der Waals surface area contributed by atoms with Crippen molar-refractivity contribution in [1.82, 2.24) is 20.1 Å². The summed E-state index contributed by atoms with van der Waals surface area (Å²) in [6.45, 7) is 2.49. The summed E-state index contributed by atoms with van der Waals surface area (Å²) in [5.41, 5.74) is 2.12. The van der Waals surface area contributed by atoms with E-state index in [0.29, 0.717) is 12.4 Å². The lowest BCUT2D eigenvalue weighted by Gasteiger charge is -2.32. The summed E-state index contributed by atoms with van der Waals surface area (Å²) in [7, 11) is 0. The van der Waals surface area contributed by atoms with E-state index >= 15 is 0 Å². The molecule has 0 radical (unpaired) electrons. The number of hydrogen-bond acceptors (Lipinski definition) is 4. The van der Waals surface area contributed by atoms with Crippen LogP contribution in [-0.4, -0.2) is 27.3 Å². The zero-order valence-corrected chi connectivity index (χ0v) is 14.5. The molecule has 6 nitrogen and oxygen atoms in total. The predicted octanol–water partition coefficient (Wildman–Crippen LogP) is 2.56. The second-order valence-electron chi connectivity index (χ2n) is 6.35. The normalized spacial score (nSPS) is 20.0. The molecule has 0 saturated carbocycles. The van der Waals surface area contributed by atoms with Gasteiger partial charge in [-0.05, 0) is 18.1 Å². The third kappa shape index (κ3) is 3.36. The Morgan fingerprint density at radius 2 is 1.81 bits per heavy atom. The molecule has 1 aliphatic rings. The highest BCUT2D eigenvalue weighted by atomic mass is 16.5. The summed E-state index contributed by atoms with van der Waals surface area (Å²) in [6.07, 6.45) is -0.389. The first kappa shape index (κ1) is 16.5. The predicted molar refractivity (Wildman–Crippen MR) is 96.3 cm³/mol. The van der Waals surface area contributed by atoms with Gasteiger partial charge in [0.25, 0.3) is 0 Å². The monoisotopic (exact) mass is 348 g/mol. The molecule has 1 fully saturated rings. The fourth-order valence-electron chi connectivity index (χ4n) is 3.25. The number of amides is 1. The van der Waals surface area contributed by atoms with Crippen LogP contribution in [-0.2, 0) is 16.1 Å². The molecular formula is C20H20N4O2. The molecule has 2 aromatic carbocycles. The Bertz CT molecular complexity index is 893. The van der Waals surface area contributed by atoms with Gasteiger partial charge >= 0.3 is 0 Å². The Morgan fingerprint density at radius 1 is 1.12 bits per heavy atom. The van der Waals surface area contributed by atoms with E-state index < -0.39 is 0 Å². The minimum absolute atomic E-state index is 0.0191. The highest BCUT2D eigenvalue weighted by Crippen LogP contribution is 2.33. The molecule has 0 aliphatic carbocycles. The van der Waals surface area contributed by atoms with Gasteiger partial charge in [-0.25, -0.2) is 9.67 Å². The zero-order valence-electron chi connectivity index (χ0n) is 14.5. The van der Waals surface area contributed by atoms with Crippen LogP contribution >= 0.6 is 0 Å². The molecule has 26 heavy (non-hydrogen) atoms. The van der Waals surface area contributed by atoms with Crippen LogP contribution in [0.1, 0.15) is 34.9 Å². The van der Waals surface area contributed by atoms with Crippen LogP contribution in [0.4, 0.5) is 0 Å². The average molecular weight is 348 g/mol. The minimum Gasteiger partial charge on any atom is -0.358 e. The molecule has 1 saturated heterocycles. The van der Waals surface area contributed by atoms with E-state index in [9.17, 15) is 4.79 Å². The fraction of sp³-hybridized carbons (Fsp3) is 0.250. The zero-order chi connectivity index (χ0) is 17.9. The first-order valence-electron chi connectivity index (χ1n) is 8.62. The van der Waals surface area contributed by atoms with E-state index in [2.05, 4.69) is 27.5 Å². The van der Waals surface area contributed by atoms with Crippen molar-refractivity contribution < 1.29 is 9.53 Å². The second kappa shape index (κ2) is 7.09. The number of nitrogens with zero attached hydrogens (tertiary/aromatic N) is 3. The maximum atomic E-state index is 11.9.